The molecule has 2 aromatic rings. The van der Waals surface area contributed by atoms with Crippen LogP contribution in [0.3, 0.4) is 0 Å². The van der Waals surface area contributed by atoms with Crippen molar-refractivity contribution in [2.45, 2.75) is 53.0 Å². The van der Waals surface area contributed by atoms with Crippen molar-refractivity contribution in [2.24, 2.45) is 0 Å². The number of fused-ring (bicyclic) bond motifs is 1. The summed E-state index contributed by atoms with van der Waals surface area (Å²) in [6.07, 6.45) is 8.68. The highest BCUT2D eigenvalue weighted by Crippen LogP contribution is 2.33. The molecule has 0 bridgehead atoms. The first-order valence-electron chi connectivity index (χ1n) is 9.07. The van der Waals surface area contributed by atoms with Gasteiger partial charge in [-0.15, -0.1) is 11.3 Å². The molecular formula is C20H25N2O3S+. The van der Waals surface area contributed by atoms with Gasteiger partial charge in [0.1, 0.15) is 5.00 Å². The highest BCUT2D eigenvalue weighted by molar-refractivity contribution is 7.16. The number of hydrogen-bond acceptors (Lipinski definition) is 4. The Morgan fingerprint density at radius 2 is 1.96 bits per heavy atom. The van der Waals surface area contributed by atoms with Gasteiger partial charge in [0.15, 0.2) is 12.4 Å². The number of esters is 1. The Morgan fingerprint density at radius 1 is 1.23 bits per heavy atom. The van der Waals surface area contributed by atoms with Gasteiger partial charge in [-0.25, -0.2) is 4.79 Å². The minimum Gasteiger partial charge on any atom is -0.462 e. The van der Waals surface area contributed by atoms with E-state index in [1.165, 1.54) is 35.3 Å². The summed E-state index contributed by atoms with van der Waals surface area (Å²) < 4.78 is 7.05. The molecule has 0 spiro atoms. The minimum atomic E-state index is -0.383. The molecule has 2 aromatic heterocycles. The van der Waals surface area contributed by atoms with Crippen molar-refractivity contribution in [3.05, 3.63) is 45.6 Å². The van der Waals surface area contributed by atoms with Crippen LogP contribution in [0.15, 0.2) is 18.5 Å². The van der Waals surface area contributed by atoms with E-state index < -0.39 is 0 Å². The Bertz CT molecular complexity index is 842. The van der Waals surface area contributed by atoms with E-state index in [2.05, 4.69) is 17.6 Å². The van der Waals surface area contributed by atoms with Crippen LogP contribution in [-0.2, 0) is 28.9 Å². The first-order chi connectivity index (χ1) is 12.5. The van der Waals surface area contributed by atoms with Gasteiger partial charge in [-0.2, -0.15) is 4.57 Å². The van der Waals surface area contributed by atoms with Gasteiger partial charge < -0.3 is 10.1 Å². The second-order valence-electron chi connectivity index (χ2n) is 6.63. The van der Waals surface area contributed by atoms with Crippen LogP contribution in [0.5, 0.6) is 0 Å². The van der Waals surface area contributed by atoms with E-state index in [1.54, 1.807) is 6.92 Å². The molecule has 0 unspecified atom stereocenters. The molecule has 5 nitrogen and oxygen atoms in total. The van der Waals surface area contributed by atoms with Crippen LogP contribution in [0.25, 0.3) is 0 Å². The molecule has 3 rings (SSSR count). The van der Waals surface area contributed by atoms with Crippen molar-refractivity contribution in [3.63, 3.8) is 0 Å². The fourth-order valence-corrected chi connectivity index (χ4v) is 4.38. The molecule has 1 aliphatic rings. The van der Waals surface area contributed by atoms with Crippen molar-refractivity contribution in [1.82, 2.24) is 0 Å². The maximum absolute atomic E-state index is 12.5. The van der Waals surface area contributed by atoms with E-state index in [-0.39, 0.29) is 18.4 Å². The second kappa shape index (κ2) is 7.99. The average molecular weight is 373 g/mol. The second-order valence-corrected chi connectivity index (χ2v) is 7.86. The van der Waals surface area contributed by atoms with Crippen LogP contribution in [0, 0.1) is 13.8 Å². The third-order valence-electron chi connectivity index (χ3n) is 4.79. The smallest absolute Gasteiger partial charge is 0.341 e. The van der Waals surface area contributed by atoms with Crippen LogP contribution in [-0.4, -0.2) is 18.5 Å². The minimum absolute atomic E-state index is 0.141. The lowest BCUT2D eigenvalue weighted by atomic mass is 9.93. The summed E-state index contributed by atoms with van der Waals surface area (Å²) in [6, 6.07) is 2.12. The van der Waals surface area contributed by atoms with Crippen molar-refractivity contribution in [2.75, 3.05) is 11.9 Å². The summed E-state index contributed by atoms with van der Waals surface area (Å²) in [7, 11) is 0. The fourth-order valence-electron chi connectivity index (χ4n) is 3.31. The van der Waals surface area contributed by atoms with E-state index in [0.29, 0.717) is 17.2 Å². The number of aryl methyl sites for hydroxylation is 3. The van der Waals surface area contributed by atoms with Gasteiger partial charge in [-0.3, -0.25) is 4.79 Å². The molecule has 26 heavy (non-hydrogen) atoms. The quantitative estimate of drug-likeness (QED) is 0.646. The van der Waals surface area contributed by atoms with Crippen LogP contribution in [0.4, 0.5) is 5.00 Å². The molecule has 6 heteroatoms. The zero-order valence-electron chi connectivity index (χ0n) is 15.6. The van der Waals surface area contributed by atoms with E-state index in [9.17, 15) is 9.59 Å². The number of carbonyl (C=O) groups excluding carboxylic acids is 2. The van der Waals surface area contributed by atoms with Gasteiger partial charge in [0, 0.05) is 16.5 Å². The Labute approximate surface area is 158 Å². The van der Waals surface area contributed by atoms with Crippen LogP contribution < -0.4 is 9.88 Å². The van der Waals surface area contributed by atoms with Gasteiger partial charge in [-0.1, -0.05) is 0 Å². The summed E-state index contributed by atoms with van der Waals surface area (Å²) in [5.74, 6) is -0.524. The van der Waals surface area contributed by atoms with Crippen LogP contribution >= 0.6 is 11.3 Å². The largest absolute Gasteiger partial charge is 0.462 e. The molecule has 138 valence electrons. The molecule has 0 fully saturated rings. The molecule has 1 N–H and O–H groups in total. The number of ether oxygens (including phenoxy) is 1. The van der Waals surface area contributed by atoms with Gasteiger partial charge in [0.05, 0.1) is 12.2 Å². The van der Waals surface area contributed by atoms with Gasteiger partial charge in [-0.05, 0) is 57.6 Å². The predicted molar refractivity (Wildman–Crippen MR) is 102 cm³/mol. The van der Waals surface area contributed by atoms with Gasteiger partial charge in [0.25, 0.3) is 5.91 Å². The standard InChI is InChI=1S/C20H24N2O3S/c1-4-25-20(24)18-13(2)14(3)26-19(18)21-17(23)12-22-10-9-15-7-5-6-8-16(15)11-22/h9-11H,4-8,12H2,1-3H3/p+1. The third kappa shape index (κ3) is 3.96. The number of thiophene rings is 1. The molecule has 1 aliphatic carbocycles. The first-order valence-corrected chi connectivity index (χ1v) is 9.89. The molecule has 1 amide bonds. The number of hydrogen-bond donors (Lipinski definition) is 1. The molecule has 0 atom stereocenters. The maximum atomic E-state index is 12.5. The fraction of sp³-hybridized carbons (Fsp3) is 0.450. The number of anilines is 1. The van der Waals surface area contributed by atoms with Crippen LogP contribution in [0.2, 0.25) is 0 Å². The lowest BCUT2D eigenvalue weighted by Crippen LogP contribution is -2.40. The number of pyridine rings is 1. The van der Waals surface area contributed by atoms with Gasteiger partial charge in [0.2, 0.25) is 6.54 Å². The van der Waals surface area contributed by atoms with E-state index in [0.717, 1.165) is 23.3 Å². The molecular weight excluding hydrogens is 348 g/mol. The summed E-state index contributed by atoms with van der Waals surface area (Å²) >= 11 is 1.41. The number of rotatable bonds is 5. The highest BCUT2D eigenvalue weighted by atomic mass is 32.1. The van der Waals surface area contributed by atoms with Crippen molar-refractivity contribution in [3.8, 4) is 0 Å². The number of amides is 1. The van der Waals surface area contributed by atoms with E-state index in [1.807, 2.05) is 24.6 Å². The van der Waals surface area contributed by atoms with E-state index in [4.69, 9.17) is 4.74 Å². The molecule has 0 radical (unpaired) electrons. The number of nitrogens with zero attached hydrogens (tertiary/aromatic N) is 1. The summed E-state index contributed by atoms with van der Waals surface area (Å²) in [5, 5.41) is 3.47. The lowest BCUT2D eigenvalue weighted by molar-refractivity contribution is -0.684. The molecule has 0 saturated carbocycles. The Kier molecular flexibility index (Phi) is 5.71. The SMILES string of the molecule is CCOC(=O)c1c(NC(=O)C[n+]2ccc3c(c2)CCCC3)sc(C)c1C. The van der Waals surface area contributed by atoms with Gasteiger partial charge >= 0.3 is 5.97 Å². The maximum Gasteiger partial charge on any atom is 0.341 e. The zero-order valence-corrected chi connectivity index (χ0v) is 16.4. The van der Waals surface area contributed by atoms with Crippen molar-refractivity contribution in [1.29, 1.82) is 0 Å². The topological polar surface area (TPSA) is 59.3 Å². The first kappa shape index (κ1) is 18.6. The Balaban J connectivity index is 1.74. The summed E-state index contributed by atoms with van der Waals surface area (Å²) in [5.41, 5.74) is 4.06. The molecule has 0 aliphatic heterocycles. The van der Waals surface area contributed by atoms with E-state index >= 15 is 0 Å². The van der Waals surface area contributed by atoms with Crippen LogP contribution in [0.1, 0.15) is 51.7 Å². The number of aromatic nitrogens is 1. The monoisotopic (exact) mass is 373 g/mol. The number of carbonyl (C=O) groups is 2. The highest BCUT2D eigenvalue weighted by Gasteiger charge is 2.23. The van der Waals surface area contributed by atoms with Crippen molar-refractivity contribution < 1.29 is 18.9 Å². The molecule has 0 saturated heterocycles. The predicted octanol–water partition coefficient (Wildman–Crippen LogP) is 3.35. The summed E-state index contributed by atoms with van der Waals surface area (Å²) in [6.45, 7) is 6.14. The molecule has 0 aromatic carbocycles. The Hall–Kier alpha value is -2.21. The zero-order chi connectivity index (χ0) is 18.7. The van der Waals surface area contributed by atoms with Crippen molar-refractivity contribution >= 4 is 28.2 Å². The normalized spacial score (nSPS) is 13.2. The Morgan fingerprint density at radius 3 is 2.69 bits per heavy atom. The molecule has 2 heterocycles. The lowest BCUT2D eigenvalue weighted by Gasteiger charge is -2.13. The average Bonchev–Trinajstić information content (AvgIpc) is 2.88. The number of nitrogens with one attached hydrogen (secondary N) is 1. The third-order valence-corrected chi connectivity index (χ3v) is 5.91. The summed E-state index contributed by atoms with van der Waals surface area (Å²) in [4.78, 5) is 25.8.